The highest BCUT2D eigenvalue weighted by molar-refractivity contribution is 5.79. The standard InChI is InChI=1S/C11H19F3N2O2/c1-2-5-16(7-11(12,13)14)6-10(15,9(17)18)8-3-4-8/h8H,2-7,15H2,1H3,(H,17,18). The zero-order valence-electron chi connectivity index (χ0n) is 10.3. The molecule has 1 aliphatic rings. The molecule has 1 unspecified atom stereocenters. The van der Waals surface area contributed by atoms with Gasteiger partial charge in [-0.2, -0.15) is 13.2 Å². The zero-order valence-corrected chi connectivity index (χ0v) is 10.3. The van der Waals surface area contributed by atoms with Gasteiger partial charge in [-0.05, 0) is 31.7 Å². The molecule has 7 heteroatoms. The van der Waals surface area contributed by atoms with Crippen LogP contribution in [0.15, 0.2) is 0 Å². The Kier molecular flexibility index (Phi) is 4.61. The maximum absolute atomic E-state index is 12.4. The van der Waals surface area contributed by atoms with E-state index in [4.69, 9.17) is 10.8 Å². The number of nitrogens with two attached hydrogens (primary N) is 1. The highest BCUT2D eigenvalue weighted by atomic mass is 19.4. The minimum Gasteiger partial charge on any atom is -0.480 e. The summed E-state index contributed by atoms with van der Waals surface area (Å²) in [4.78, 5) is 12.3. The second-order valence-corrected chi connectivity index (χ2v) is 4.95. The fraction of sp³-hybridized carbons (Fsp3) is 0.909. The van der Waals surface area contributed by atoms with E-state index >= 15 is 0 Å². The van der Waals surface area contributed by atoms with E-state index in [1.807, 2.05) is 0 Å². The number of rotatable bonds is 7. The Hall–Kier alpha value is -0.820. The fourth-order valence-corrected chi connectivity index (χ4v) is 2.12. The number of hydrogen-bond acceptors (Lipinski definition) is 3. The van der Waals surface area contributed by atoms with E-state index in [2.05, 4.69) is 0 Å². The van der Waals surface area contributed by atoms with Crippen molar-refractivity contribution in [3.05, 3.63) is 0 Å². The lowest BCUT2D eigenvalue weighted by atomic mass is 9.93. The lowest BCUT2D eigenvalue weighted by Crippen LogP contribution is -2.59. The highest BCUT2D eigenvalue weighted by Gasteiger charge is 2.49. The van der Waals surface area contributed by atoms with Gasteiger partial charge in [-0.3, -0.25) is 9.69 Å². The van der Waals surface area contributed by atoms with Gasteiger partial charge in [0.05, 0.1) is 6.54 Å². The minimum absolute atomic E-state index is 0.193. The summed E-state index contributed by atoms with van der Waals surface area (Å²) in [5.41, 5.74) is 4.23. The number of alkyl halides is 3. The molecule has 18 heavy (non-hydrogen) atoms. The molecular formula is C11H19F3N2O2. The maximum Gasteiger partial charge on any atom is 0.401 e. The smallest absolute Gasteiger partial charge is 0.401 e. The van der Waals surface area contributed by atoms with Gasteiger partial charge in [-0.15, -0.1) is 0 Å². The lowest BCUT2D eigenvalue weighted by molar-refractivity contribution is -0.156. The Morgan fingerprint density at radius 2 is 1.94 bits per heavy atom. The Bertz CT molecular complexity index is 305. The average Bonchev–Trinajstić information content (AvgIpc) is 2.97. The Labute approximate surface area is 104 Å². The van der Waals surface area contributed by atoms with Crippen molar-refractivity contribution in [1.82, 2.24) is 4.90 Å². The molecule has 1 aliphatic carbocycles. The van der Waals surface area contributed by atoms with Crippen LogP contribution in [0.5, 0.6) is 0 Å². The van der Waals surface area contributed by atoms with Crippen LogP contribution < -0.4 is 5.73 Å². The third kappa shape index (κ3) is 4.13. The number of carbonyl (C=O) groups is 1. The molecule has 0 aromatic rings. The van der Waals surface area contributed by atoms with Crippen LogP contribution in [0.1, 0.15) is 26.2 Å². The van der Waals surface area contributed by atoms with Gasteiger partial charge in [0.15, 0.2) is 0 Å². The van der Waals surface area contributed by atoms with E-state index in [0.29, 0.717) is 19.3 Å². The summed E-state index contributed by atoms with van der Waals surface area (Å²) in [6.07, 6.45) is -2.46. The molecule has 0 aromatic heterocycles. The molecule has 0 aromatic carbocycles. The molecular weight excluding hydrogens is 249 g/mol. The second kappa shape index (κ2) is 5.44. The van der Waals surface area contributed by atoms with Crippen LogP contribution in [0, 0.1) is 5.92 Å². The Morgan fingerprint density at radius 3 is 2.28 bits per heavy atom. The van der Waals surface area contributed by atoms with Crippen molar-refractivity contribution >= 4 is 5.97 Å². The summed E-state index contributed by atoms with van der Waals surface area (Å²) in [5, 5.41) is 9.13. The van der Waals surface area contributed by atoms with Crippen molar-refractivity contribution in [3.8, 4) is 0 Å². The second-order valence-electron chi connectivity index (χ2n) is 4.95. The molecule has 106 valence electrons. The third-order valence-electron chi connectivity index (χ3n) is 3.13. The van der Waals surface area contributed by atoms with Crippen LogP contribution in [0.3, 0.4) is 0 Å². The molecule has 1 fully saturated rings. The number of carboxylic acid groups (broad SMARTS) is 1. The molecule has 0 amide bonds. The molecule has 1 rings (SSSR count). The van der Waals surface area contributed by atoms with Gasteiger partial charge in [0.1, 0.15) is 5.54 Å². The van der Waals surface area contributed by atoms with Crippen molar-refractivity contribution in [3.63, 3.8) is 0 Å². The molecule has 4 nitrogen and oxygen atoms in total. The Balaban J connectivity index is 2.71. The molecule has 1 atom stereocenters. The van der Waals surface area contributed by atoms with Crippen molar-refractivity contribution < 1.29 is 23.1 Å². The first-order chi connectivity index (χ1) is 8.19. The number of carboxylic acids is 1. The summed E-state index contributed by atoms with van der Waals surface area (Å²) in [6, 6.07) is 0. The molecule has 0 bridgehead atoms. The predicted octanol–water partition coefficient (Wildman–Crippen LogP) is 1.45. The Morgan fingerprint density at radius 1 is 1.39 bits per heavy atom. The summed E-state index contributed by atoms with van der Waals surface area (Å²) >= 11 is 0. The maximum atomic E-state index is 12.4. The number of halogens is 3. The monoisotopic (exact) mass is 268 g/mol. The van der Waals surface area contributed by atoms with Crippen molar-refractivity contribution in [2.24, 2.45) is 11.7 Å². The van der Waals surface area contributed by atoms with Crippen molar-refractivity contribution in [1.29, 1.82) is 0 Å². The highest BCUT2D eigenvalue weighted by Crippen LogP contribution is 2.39. The van der Waals surface area contributed by atoms with Crippen molar-refractivity contribution in [2.75, 3.05) is 19.6 Å². The first-order valence-electron chi connectivity index (χ1n) is 6.00. The molecule has 0 saturated heterocycles. The van der Waals surface area contributed by atoms with Crippen LogP contribution >= 0.6 is 0 Å². The van der Waals surface area contributed by atoms with Crippen LogP contribution in [-0.4, -0.2) is 47.3 Å². The van der Waals surface area contributed by atoms with E-state index < -0.39 is 24.2 Å². The zero-order chi connectivity index (χ0) is 14.0. The minimum atomic E-state index is -4.34. The number of aliphatic carboxylic acids is 1. The van der Waals surface area contributed by atoms with Gasteiger partial charge in [0, 0.05) is 6.54 Å². The van der Waals surface area contributed by atoms with Gasteiger partial charge in [-0.25, -0.2) is 0 Å². The van der Waals surface area contributed by atoms with Gasteiger partial charge in [0.25, 0.3) is 0 Å². The van der Waals surface area contributed by atoms with E-state index in [0.717, 1.165) is 4.90 Å². The number of hydrogen-bond donors (Lipinski definition) is 2. The lowest BCUT2D eigenvalue weighted by Gasteiger charge is -2.32. The largest absolute Gasteiger partial charge is 0.480 e. The predicted molar refractivity (Wildman–Crippen MR) is 60.1 cm³/mol. The molecule has 3 N–H and O–H groups in total. The third-order valence-corrected chi connectivity index (χ3v) is 3.13. The van der Waals surface area contributed by atoms with Gasteiger partial charge in [-0.1, -0.05) is 6.92 Å². The molecule has 0 aliphatic heterocycles. The summed E-state index contributed by atoms with van der Waals surface area (Å²) in [6.45, 7) is 0.581. The van der Waals surface area contributed by atoms with E-state index in [9.17, 15) is 18.0 Å². The van der Waals surface area contributed by atoms with E-state index in [1.165, 1.54) is 0 Å². The van der Waals surface area contributed by atoms with Crippen molar-refractivity contribution in [2.45, 2.75) is 37.9 Å². The van der Waals surface area contributed by atoms with Crippen LogP contribution in [0.4, 0.5) is 13.2 Å². The van der Waals surface area contributed by atoms with Gasteiger partial charge < -0.3 is 10.8 Å². The van der Waals surface area contributed by atoms with Gasteiger partial charge >= 0.3 is 12.1 Å². The number of nitrogens with zero attached hydrogens (tertiary/aromatic N) is 1. The van der Waals surface area contributed by atoms with Gasteiger partial charge in [0.2, 0.25) is 0 Å². The summed E-state index contributed by atoms with van der Waals surface area (Å²) < 4.78 is 37.2. The normalized spacial score (nSPS) is 19.9. The molecule has 0 radical (unpaired) electrons. The van der Waals surface area contributed by atoms with Crippen LogP contribution in [-0.2, 0) is 4.79 Å². The topological polar surface area (TPSA) is 66.6 Å². The van der Waals surface area contributed by atoms with E-state index in [-0.39, 0.29) is 19.0 Å². The average molecular weight is 268 g/mol. The first kappa shape index (κ1) is 15.2. The fourth-order valence-electron chi connectivity index (χ4n) is 2.12. The van der Waals surface area contributed by atoms with Crippen LogP contribution in [0.2, 0.25) is 0 Å². The summed E-state index contributed by atoms with van der Waals surface area (Å²) in [5.74, 6) is -1.42. The molecule has 0 spiro atoms. The summed E-state index contributed by atoms with van der Waals surface area (Å²) in [7, 11) is 0. The molecule has 1 saturated carbocycles. The SMILES string of the molecule is CCCN(CC(F)(F)F)CC(N)(C(=O)O)C1CC1. The van der Waals surface area contributed by atoms with E-state index in [1.54, 1.807) is 6.92 Å². The first-order valence-corrected chi connectivity index (χ1v) is 6.00. The van der Waals surface area contributed by atoms with Crippen LogP contribution in [0.25, 0.3) is 0 Å². The molecule has 0 heterocycles. The quantitative estimate of drug-likeness (QED) is 0.733.